The molecule has 0 radical (unpaired) electrons. The Morgan fingerprint density at radius 1 is 1.17 bits per heavy atom. The normalized spacial score (nSPS) is 23.6. The van der Waals surface area contributed by atoms with Crippen LogP contribution < -0.4 is 5.32 Å². The second-order valence-electron chi connectivity index (χ2n) is 9.26. The van der Waals surface area contributed by atoms with Crippen molar-refractivity contribution in [3.05, 3.63) is 24.3 Å². The summed E-state index contributed by atoms with van der Waals surface area (Å²) in [5.74, 6) is -0.636. The van der Waals surface area contributed by atoms with E-state index in [1.165, 1.54) is 0 Å². The molecule has 2 aliphatic heterocycles. The molecule has 0 bridgehead atoms. The van der Waals surface area contributed by atoms with Gasteiger partial charge < -0.3 is 10.2 Å². The lowest BCUT2D eigenvalue weighted by Gasteiger charge is -2.34. The molecule has 0 aliphatic carbocycles. The highest BCUT2D eigenvalue weighted by molar-refractivity contribution is 7.89. The van der Waals surface area contributed by atoms with E-state index >= 15 is 0 Å². The lowest BCUT2D eigenvalue weighted by Crippen LogP contribution is -2.43. The number of hydrogen-bond acceptors (Lipinski definition) is 4. The quantitative estimate of drug-likeness (QED) is 0.769. The lowest BCUT2D eigenvalue weighted by atomic mass is 10.0. The number of carbonyl (C=O) groups excluding carboxylic acids is 2. The molecule has 2 fully saturated rings. The summed E-state index contributed by atoms with van der Waals surface area (Å²) in [5.41, 5.74) is 0.221. The zero-order valence-corrected chi connectivity index (χ0v) is 19.2. The molecule has 2 saturated heterocycles. The molecule has 2 atom stereocenters. The number of rotatable bonds is 5. The van der Waals surface area contributed by atoms with Crippen molar-refractivity contribution < 1.29 is 18.0 Å². The van der Waals surface area contributed by atoms with Crippen LogP contribution in [0.15, 0.2) is 29.2 Å². The van der Waals surface area contributed by atoms with Crippen molar-refractivity contribution >= 4 is 27.5 Å². The third-order valence-corrected chi connectivity index (χ3v) is 8.04. The number of likely N-dealkylation sites (tertiary alicyclic amines) is 1. The lowest BCUT2D eigenvalue weighted by molar-refractivity contribution is -0.131. The molecule has 8 heteroatoms. The van der Waals surface area contributed by atoms with Gasteiger partial charge >= 0.3 is 0 Å². The average Bonchev–Trinajstić information content (AvgIpc) is 3.10. The van der Waals surface area contributed by atoms with Crippen LogP contribution in [0, 0.1) is 5.92 Å². The highest BCUT2D eigenvalue weighted by Crippen LogP contribution is 2.29. The predicted octanol–water partition coefficient (Wildman–Crippen LogP) is 3.23. The van der Waals surface area contributed by atoms with Gasteiger partial charge in [0.25, 0.3) is 0 Å². The monoisotopic (exact) mass is 435 g/mol. The molecular weight excluding hydrogens is 402 g/mol. The standard InChI is InChI=1S/C22H33N3O4S/c1-5-18-8-6-7-13-25(18)30(28,29)19-11-9-17(10-12-19)23-21(27)16-14-20(26)24(15-16)22(2,3)4/h9-12,16,18H,5-8,13-15H2,1-4H3,(H,23,27)/t16-,18-/m0/s1. The van der Waals surface area contributed by atoms with Gasteiger partial charge in [-0.1, -0.05) is 13.3 Å². The van der Waals surface area contributed by atoms with E-state index in [9.17, 15) is 18.0 Å². The molecule has 3 rings (SSSR count). The maximum atomic E-state index is 13.1. The van der Waals surface area contributed by atoms with E-state index in [1.54, 1.807) is 33.5 Å². The fourth-order valence-electron chi connectivity index (χ4n) is 4.32. The molecule has 0 unspecified atom stereocenters. The van der Waals surface area contributed by atoms with Gasteiger partial charge in [-0.05, 0) is 64.3 Å². The van der Waals surface area contributed by atoms with Gasteiger partial charge in [0.15, 0.2) is 0 Å². The van der Waals surface area contributed by atoms with E-state index in [-0.39, 0.29) is 34.7 Å². The Hall–Kier alpha value is -1.93. The van der Waals surface area contributed by atoms with Gasteiger partial charge in [-0.25, -0.2) is 8.42 Å². The fraction of sp³-hybridized carbons (Fsp3) is 0.636. The Morgan fingerprint density at radius 2 is 1.83 bits per heavy atom. The Morgan fingerprint density at radius 3 is 2.40 bits per heavy atom. The summed E-state index contributed by atoms with van der Waals surface area (Å²) < 4.78 is 27.7. The summed E-state index contributed by atoms with van der Waals surface area (Å²) in [6, 6.07) is 6.39. The summed E-state index contributed by atoms with van der Waals surface area (Å²) in [5, 5.41) is 2.83. The Balaban J connectivity index is 1.67. The van der Waals surface area contributed by atoms with Gasteiger partial charge in [0.05, 0.1) is 10.8 Å². The molecule has 2 heterocycles. The number of carbonyl (C=O) groups is 2. The van der Waals surface area contributed by atoms with Crippen molar-refractivity contribution in [3.63, 3.8) is 0 Å². The Kier molecular flexibility index (Phi) is 6.57. The van der Waals surface area contributed by atoms with Crippen molar-refractivity contribution in [2.75, 3.05) is 18.4 Å². The summed E-state index contributed by atoms with van der Waals surface area (Å²) in [7, 11) is -3.55. The maximum Gasteiger partial charge on any atom is 0.243 e. The van der Waals surface area contributed by atoms with Gasteiger partial charge in [-0.15, -0.1) is 0 Å². The molecule has 1 aromatic rings. The van der Waals surface area contributed by atoms with Crippen LogP contribution in [-0.2, 0) is 19.6 Å². The van der Waals surface area contributed by atoms with Crippen LogP contribution in [0.3, 0.4) is 0 Å². The first-order valence-corrected chi connectivity index (χ1v) is 12.2. The zero-order chi connectivity index (χ0) is 22.1. The van der Waals surface area contributed by atoms with E-state index < -0.39 is 15.9 Å². The van der Waals surface area contributed by atoms with Crippen LogP contribution in [0.1, 0.15) is 59.8 Å². The number of hydrogen-bond donors (Lipinski definition) is 1. The van der Waals surface area contributed by atoms with Crippen LogP contribution in [0.2, 0.25) is 0 Å². The number of amides is 2. The number of benzene rings is 1. The van der Waals surface area contributed by atoms with Crippen molar-refractivity contribution in [1.29, 1.82) is 0 Å². The first-order valence-electron chi connectivity index (χ1n) is 10.8. The van der Waals surface area contributed by atoms with E-state index in [1.807, 2.05) is 27.7 Å². The number of sulfonamides is 1. The summed E-state index contributed by atoms with van der Waals surface area (Å²) in [6.07, 6.45) is 3.85. The Labute approximate surface area is 179 Å². The van der Waals surface area contributed by atoms with Gasteiger partial charge in [-0.2, -0.15) is 4.31 Å². The van der Waals surface area contributed by atoms with Gasteiger partial charge in [-0.3, -0.25) is 9.59 Å². The minimum absolute atomic E-state index is 0.0175. The second-order valence-corrected chi connectivity index (χ2v) is 11.2. The van der Waals surface area contributed by atoms with E-state index in [2.05, 4.69) is 5.32 Å². The number of piperidine rings is 1. The zero-order valence-electron chi connectivity index (χ0n) is 18.3. The van der Waals surface area contributed by atoms with Crippen LogP contribution >= 0.6 is 0 Å². The minimum Gasteiger partial charge on any atom is -0.337 e. The molecular formula is C22H33N3O4S. The number of anilines is 1. The first-order chi connectivity index (χ1) is 14.0. The average molecular weight is 436 g/mol. The summed E-state index contributed by atoms with van der Waals surface area (Å²) in [4.78, 5) is 26.8. The summed E-state index contributed by atoms with van der Waals surface area (Å²) in [6.45, 7) is 8.83. The molecule has 2 aliphatic rings. The Bertz CT molecular complexity index is 890. The first kappa shape index (κ1) is 22.7. The minimum atomic E-state index is -3.55. The molecule has 0 aromatic heterocycles. The van der Waals surface area contributed by atoms with Crippen molar-refractivity contribution in [2.45, 2.75) is 76.3 Å². The van der Waals surface area contributed by atoms with Gasteiger partial charge in [0.1, 0.15) is 0 Å². The second kappa shape index (κ2) is 8.67. The topological polar surface area (TPSA) is 86.8 Å². The molecule has 1 aromatic carbocycles. The van der Waals surface area contributed by atoms with E-state index in [4.69, 9.17) is 0 Å². The summed E-state index contributed by atoms with van der Waals surface area (Å²) >= 11 is 0. The van der Waals surface area contributed by atoms with Gasteiger partial charge in [0, 0.05) is 36.8 Å². The third-order valence-electron chi connectivity index (χ3n) is 6.08. The molecule has 166 valence electrons. The largest absolute Gasteiger partial charge is 0.337 e. The number of nitrogens with one attached hydrogen (secondary N) is 1. The highest BCUT2D eigenvalue weighted by atomic mass is 32.2. The predicted molar refractivity (Wildman–Crippen MR) is 116 cm³/mol. The molecule has 1 N–H and O–H groups in total. The van der Waals surface area contributed by atoms with Crippen molar-refractivity contribution in [1.82, 2.24) is 9.21 Å². The molecule has 2 amide bonds. The van der Waals surface area contributed by atoms with Crippen LogP contribution in [0.25, 0.3) is 0 Å². The van der Waals surface area contributed by atoms with Crippen LogP contribution in [-0.4, -0.2) is 54.1 Å². The van der Waals surface area contributed by atoms with Gasteiger partial charge in [0.2, 0.25) is 21.8 Å². The van der Waals surface area contributed by atoms with Crippen molar-refractivity contribution in [3.8, 4) is 0 Å². The highest BCUT2D eigenvalue weighted by Gasteiger charge is 2.39. The third kappa shape index (κ3) is 4.70. The number of nitrogens with zero attached hydrogens (tertiary/aromatic N) is 2. The van der Waals surface area contributed by atoms with E-state index in [0.717, 1.165) is 25.7 Å². The maximum absolute atomic E-state index is 13.1. The fourth-order valence-corrected chi connectivity index (χ4v) is 6.09. The van der Waals surface area contributed by atoms with Crippen molar-refractivity contribution in [2.24, 2.45) is 5.92 Å². The SMILES string of the molecule is CC[C@H]1CCCCN1S(=O)(=O)c1ccc(NC(=O)[C@H]2CC(=O)N(C(C)(C)C)C2)cc1. The smallest absolute Gasteiger partial charge is 0.243 e. The van der Waals surface area contributed by atoms with Crippen LogP contribution in [0.5, 0.6) is 0 Å². The van der Waals surface area contributed by atoms with Crippen LogP contribution in [0.4, 0.5) is 5.69 Å². The molecule has 7 nitrogen and oxygen atoms in total. The molecule has 30 heavy (non-hydrogen) atoms. The molecule has 0 spiro atoms. The van der Waals surface area contributed by atoms with E-state index in [0.29, 0.717) is 18.8 Å². The molecule has 0 saturated carbocycles.